The molecule has 0 saturated heterocycles. The fraction of sp³-hybridized carbons (Fsp3) is 0.900. The first-order chi connectivity index (χ1) is 7.60. The van der Waals surface area contributed by atoms with Gasteiger partial charge in [-0.2, -0.15) is 17.4 Å². The number of carboxylic acid groups (broad SMARTS) is 1. The van der Waals surface area contributed by atoms with Crippen LogP contribution < -0.4 is 4.72 Å². The van der Waals surface area contributed by atoms with Gasteiger partial charge in [-0.15, -0.1) is 0 Å². The second-order valence-corrected chi connectivity index (χ2v) is 7.16. The van der Waals surface area contributed by atoms with Crippen molar-refractivity contribution in [2.24, 2.45) is 5.92 Å². The molecular weight excluding hydrogens is 244 g/mol. The second kappa shape index (κ2) is 4.91. The normalized spacial score (nSPS) is 17.4. The Morgan fingerprint density at radius 2 is 1.94 bits per heavy atom. The molecule has 1 aliphatic rings. The molecule has 1 aliphatic carbocycles. The van der Waals surface area contributed by atoms with Crippen LogP contribution in [0.3, 0.4) is 0 Å². The van der Waals surface area contributed by atoms with Crippen molar-refractivity contribution in [3.05, 3.63) is 0 Å². The standard InChI is InChI=1S/C10H20N2O4S/c1-10(2,3)11-17(15,16)12(7-9(13)14)6-8-4-5-8/h8,11H,4-7H2,1-3H3,(H,13,14). The molecule has 1 saturated carbocycles. The van der Waals surface area contributed by atoms with Crippen molar-refractivity contribution >= 4 is 16.2 Å². The third-order valence-corrected chi connectivity index (χ3v) is 4.07. The average molecular weight is 264 g/mol. The van der Waals surface area contributed by atoms with Crippen LogP contribution in [0.4, 0.5) is 0 Å². The highest BCUT2D eigenvalue weighted by molar-refractivity contribution is 7.87. The Morgan fingerprint density at radius 1 is 1.41 bits per heavy atom. The highest BCUT2D eigenvalue weighted by Crippen LogP contribution is 2.30. The number of carbonyl (C=O) groups is 1. The maximum absolute atomic E-state index is 12.0. The maximum atomic E-state index is 12.0. The summed E-state index contributed by atoms with van der Waals surface area (Å²) in [5.41, 5.74) is -0.612. The van der Waals surface area contributed by atoms with E-state index < -0.39 is 28.3 Å². The van der Waals surface area contributed by atoms with Gasteiger partial charge in [0.2, 0.25) is 0 Å². The quantitative estimate of drug-likeness (QED) is 0.727. The molecule has 0 unspecified atom stereocenters. The lowest BCUT2D eigenvalue weighted by Gasteiger charge is -2.26. The minimum absolute atomic E-state index is 0.289. The zero-order valence-electron chi connectivity index (χ0n) is 10.4. The molecule has 0 amide bonds. The van der Waals surface area contributed by atoms with Gasteiger partial charge in [0.05, 0.1) is 0 Å². The topological polar surface area (TPSA) is 86.7 Å². The van der Waals surface area contributed by atoms with Gasteiger partial charge in [-0.1, -0.05) is 0 Å². The molecule has 17 heavy (non-hydrogen) atoms. The van der Waals surface area contributed by atoms with E-state index in [2.05, 4.69) is 4.72 Å². The van der Waals surface area contributed by atoms with Gasteiger partial charge >= 0.3 is 5.97 Å². The van der Waals surface area contributed by atoms with Gasteiger partial charge in [0.15, 0.2) is 0 Å². The Kier molecular flexibility index (Phi) is 4.16. The van der Waals surface area contributed by atoms with E-state index >= 15 is 0 Å². The van der Waals surface area contributed by atoms with E-state index in [-0.39, 0.29) is 6.54 Å². The molecule has 0 spiro atoms. The average Bonchev–Trinajstić information content (AvgIpc) is 2.81. The van der Waals surface area contributed by atoms with Crippen molar-refractivity contribution in [1.29, 1.82) is 0 Å². The van der Waals surface area contributed by atoms with Gasteiger partial charge in [0.25, 0.3) is 10.2 Å². The summed E-state index contributed by atoms with van der Waals surface area (Å²) in [7, 11) is -3.73. The lowest BCUT2D eigenvalue weighted by Crippen LogP contribution is -2.50. The lowest BCUT2D eigenvalue weighted by atomic mass is 10.1. The van der Waals surface area contributed by atoms with Crippen molar-refractivity contribution in [3.63, 3.8) is 0 Å². The summed E-state index contributed by atoms with van der Waals surface area (Å²) < 4.78 is 27.5. The number of nitrogens with one attached hydrogen (secondary N) is 1. The van der Waals surface area contributed by atoms with Gasteiger partial charge in [-0.05, 0) is 39.5 Å². The highest BCUT2D eigenvalue weighted by atomic mass is 32.2. The van der Waals surface area contributed by atoms with E-state index in [9.17, 15) is 13.2 Å². The van der Waals surface area contributed by atoms with Crippen molar-refractivity contribution in [2.45, 2.75) is 39.2 Å². The number of hydrogen-bond donors (Lipinski definition) is 2. The highest BCUT2D eigenvalue weighted by Gasteiger charge is 2.33. The third-order valence-electron chi connectivity index (χ3n) is 2.25. The van der Waals surface area contributed by atoms with Crippen molar-refractivity contribution in [3.8, 4) is 0 Å². The van der Waals surface area contributed by atoms with Crippen molar-refractivity contribution < 1.29 is 18.3 Å². The predicted octanol–water partition coefficient (Wildman–Crippen LogP) is 0.416. The number of carboxylic acids is 1. The minimum Gasteiger partial charge on any atom is -0.480 e. The zero-order chi connectivity index (χ0) is 13.3. The molecule has 0 aromatic rings. The van der Waals surface area contributed by atoms with Crippen LogP contribution in [-0.2, 0) is 15.0 Å². The molecule has 6 nitrogen and oxygen atoms in total. The van der Waals surface area contributed by atoms with Crippen LogP contribution in [0.25, 0.3) is 0 Å². The molecule has 2 N–H and O–H groups in total. The van der Waals surface area contributed by atoms with Crippen LogP contribution >= 0.6 is 0 Å². The molecule has 0 aromatic heterocycles. The Morgan fingerprint density at radius 3 is 2.29 bits per heavy atom. The number of hydrogen-bond acceptors (Lipinski definition) is 3. The second-order valence-electron chi connectivity index (χ2n) is 5.49. The molecule has 1 rings (SSSR count). The summed E-state index contributed by atoms with van der Waals surface area (Å²) in [6, 6.07) is 0. The SMILES string of the molecule is CC(C)(C)NS(=O)(=O)N(CC(=O)O)CC1CC1. The predicted molar refractivity (Wildman–Crippen MR) is 63.7 cm³/mol. The van der Waals surface area contributed by atoms with Crippen LogP contribution in [0.2, 0.25) is 0 Å². The Balaban J connectivity index is 2.75. The molecule has 0 radical (unpaired) electrons. The van der Waals surface area contributed by atoms with Crippen molar-refractivity contribution in [1.82, 2.24) is 9.03 Å². The molecule has 1 fully saturated rings. The Labute approximate surface area is 102 Å². The van der Waals surface area contributed by atoms with E-state index in [1.807, 2.05) is 0 Å². The summed E-state index contributed by atoms with van der Waals surface area (Å²) >= 11 is 0. The smallest absolute Gasteiger partial charge is 0.318 e. The largest absolute Gasteiger partial charge is 0.480 e. The summed E-state index contributed by atoms with van der Waals surface area (Å²) in [6.07, 6.45) is 1.95. The molecule has 0 aliphatic heterocycles. The van der Waals surface area contributed by atoms with E-state index in [0.29, 0.717) is 5.92 Å². The first kappa shape index (κ1) is 14.4. The van der Waals surface area contributed by atoms with Gasteiger partial charge in [-0.3, -0.25) is 4.79 Å². The van der Waals surface area contributed by atoms with E-state index in [0.717, 1.165) is 17.1 Å². The van der Waals surface area contributed by atoms with Crippen molar-refractivity contribution in [2.75, 3.05) is 13.1 Å². The molecule has 0 aromatic carbocycles. The third kappa shape index (κ3) is 5.47. The lowest BCUT2D eigenvalue weighted by molar-refractivity contribution is -0.137. The summed E-state index contributed by atoms with van der Waals surface area (Å²) in [5, 5.41) is 8.74. The maximum Gasteiger partial charge on any atom is 0.318 e. The molecular formula is C10H20N2O4S. The summed E-state index contributed by atoms with van der Waals surface area (Å²) in [5.74, 6) is -0.823. The van der Waals surface area contributed by atoms with Crippen LogP contribution in [0.15, 0.2) is 0 Å². The fourth-order valence-corrected chi connectivity index (χ4v) is 3.03. The Bertz CT molecular complexity index is 382. The molecule has 7 heteroatoms. The van der Waals surface area contributed by atoms with Gasteiger partial charge in [-0.25, -0.2) is 0 Å². The van der Waals surface area contributed by atoms with Gasteiger partial charge < -0.3 is 5.11 Å². The molecule has 0 atom stereocenters. The minimum atomic E-state index is -3.73. The summed E-state index contributed by atoms with van der Waals surface area (Å²) in [4.78, 5) is 10.7. The number of nitrogens with zero attached hydrogens (tertiary/aromatic N) is 1. The molecule has 0 bridgehead atoms. The van der Waals surface area contributed by atoms with Gasteiger partial charge in [0.1, 0.15) is 6.54 Å². The number of aliphatic carboxylic acids is 1. The number of rotatable bonds is 6. The van der Waals surface area contributed by atoms with Crippen LogP contribution in [-0.4, -0.2) is 42.4 Å². The van der Waals surface area contributed by atoms with Crippen LogP contribution in [0, 0.1) is 5.92 Å². The van der Waals surface area contributed by atoms with E-state index in [1.165, 1.54) is 0 Å². The fourth-order valence-electron chi connectivity index (χ4n) is 1.44. The molecule has 100 valence electrons. The van der Waals surface area contributed by atoms with Crippen LogP contribution in [0.1, 0.15) is 33.6 Å². The van der Waals surface area contributed by atoms with Gasteiger partial charge in [0, 0.05) is 12.1 Å². The van der Waals surface area contributed by atoms with Crippen LogP contribution in [0.5, 0.6) is 0 Å². The van der Waals surface area contributed by atoms with E-state index in [1.54, 1.807) is 20.8 Å². The summed E-state index contributed by atoms with van der Waals surface area (Å²) in [6.45, 7) is 4.97. The molecule has 0 heterocycles. The monoisotopic (exact) mass is 264 g/mol. The van der Waals surface area contributed by atoms with E-state index in [4.69, 9.17) is 5.11 Å². The first-order valence-corrected chi connectivity index (χ1v) is 7.05. The first-order valence-electron chi connectivity index (χ1n) is 5.61. The zero-order valence-corrected chi connectivity index (χ0v) is 11.2. The Hall–Kier alpha value is -0.660.